The van der Waals surface area contributed by atoms with Gasteiger partial charge in [-0.25, -0.2) is 0 Å². The molecule has 0 radical (unpaired) electrons. The van der Waals surface area contributed by atoms with E-state index in [9.17, 15) is 4.79 Å². The van der Waals surface area contributed by atoms with Crippen molar-refractivity contribution in [1.29, 1.82) is 0 Å². The van der Waals surface area contributed by atoms with Crippen molar-refractivity contribution in [3.8, 4) is 5.75 Å². The van der Waals surface area contributed by atoms with Gasteiger partial charge in [0.2, 0.25) is 0 Å². The van der Waals surface area contributed by atoms with Gasteiger partial charge in [-0.1, -0.05) is 36.4 Å². The third-order valence-corrected chi connectivity index (χ3v) is 3.68. The van der Waals surface area contributed by atoms with E-state index in [4.69, 9.17) is 16.3 Å². The predicted molar refractivity (Wildman–Crippen MR) is 96.8 cm³/mol. The van der Waals surface area contributed by atoms with Crippen LogP contribution in [0.3, 0.4) is 0 Å². The van der Waals surface area contributed by atoms with Crippen LogP contribution in [0.5, 0.6) is 5.75 Å². The fourth-order valence-corrected chi connectivity index (χ4v) is 2.52. The van der Waals surface area contributed by atoms with Crippen LogP contribution in [-0.4, -0.2) is 17.5 Å². The molecule has 3 aromatic rings. The molecule has 1 amide bonds. The van der Waals surface area contributed by atoms with Crippen LogP contribution in [0, 0.1) is 0 Å². The maximum atomic E-state index is 12.7. The number of pyridine rings is 1. The normalized spacial score (nSPS) is 10.4. The fraction of sp³-hybridized carbons (Fsp3) is 0.0526. The average Bonchev–Trinajstić information content (AvgIpc) is 2.60. The Hall–Kier alpha value is -2.85. The molecule has 120 valence electrons. The molecule has 3 rings (SSSR count). The number of nitrogens with one attached hydrogen (secondary N) is 1. The van der Waals surface area contributed by atoms with Gasteiger partial charge < -0.3 is 10.1 Å². The Labute approximate surface area is 144 Å². The van der Waals surface area contributed by atoms with Gasteiger partial charge >= 0.3 is 0 Å². The predicted octanol–water partition coefficient (Wildman–Crippen LogP) is 4.71. The van der Waals surface area contributed by atoms with Gasteiger partial charge in [0.25, 0.3) is 5.91 Å². The van der Waals surface area contributed by atoms with Gasteiger partial charge in [0, 0.05) is 16.6 Å². The molecule has 2 aromatic carbocycles. The molecule has 24 heavy (non-hydrogen) atoms. The van der Waals surface area contributed by atoms with E-state index < -0.39 is 0 Å². The fourth-order valence-electron chi connectivity index (χ4n) is 2.35. The Kier molecular flexibility index (Phi) is 4.77. The Balaban J connectivity index is 1.94. The van der Waals surface area contributed by atoms with Gasteiger partial charge in [-0.3, -0.25) is 9.78 Å². The molecule has 0 saturated heterocycles. The Bertz CT molecular complexity index is 909. The van der Waals surface area contributed by atoms with Crippen molar-refractivity contribution < 1.29 is 9.53 Å². The van der Waals surface area contributed by atoms with Crippen molar-refractivity contribution in [2.75, 3.05) is 11.9 Å². The highest BCUT2D eigenvalue weighted by Crippen LogP contribution is 2.26. The lowest BCUT2D eigenvalue weighted by Gasteiger charge is -2.12. The van der Waals surface area contributed by atoms with Crippen LogP contribution in [0.2, 0.25) is 5.02 Å². The first-order valence-electron chi connectivity index (χ1n) is 7.37. The van der Waals surface area contributed by atoms with E-state index in [-0.39, 0.29) is 5.91 Å². The van der Waals surface area contributed by atoms with Gasteiger partial charge in [-0.2, -0.15) is 0 Å². The summed E-state index contributed by atoms with van der Waals surface area (Å²) in [5.41, 5.74) is 1.81. The summed E-state index contributed by atoms with van der Waals surface area (Å²) in [6, 6.07) is 14.2. The highest BCUT2D eigenvalue weighted by atomic mass is 35.5. The number of ether oxygens (including phenoxy) is 1. The van der Waals surface area contributed by atoms with Crippen molar-refractivity contribution in [1.82, 2.24) is 4.98 Å². The van der Waals surface area contributed by atoms with E-state index >= 15 is 0 Å². The summed E-state index contributed by atoms with van der Waals surface area (Å²) in [6.45, 7) is 3.99. The quantitative estimate of drug-likeness (QED) is 0.686. The number of fused-ring (bicyclic) bond motifs is 1. The van der Waals surface area contributed by atoms with Gasteiger partial charge in [0.1, 0.15) is 12.4 Å². The lowest BCUT2D eigenvalue weighted by atomic mass is 10.1. The highest BCUT2D eigenvalue weighted by Gasteiger charge is 2.13. The average molecular weight is 339 g/mol. The minimum atomic E-state index is -0.251. The minimum Gasteiger partial charge on any atom is -0.487 e. The number of aromatic nitrogens is 1. The molecule has 0 aliphatic rings. The third-order valence-electron chi connectivity index (χ3n) is 3.44. The van der Waals surface area contributed by atoms with Crippen LogP contribution in [0.1, 0.15) is 10.4 Å². The molecule has 1 aromatic heterocycles. The number of carbonyl (C=O) groups is 1. The molecule has 1 heterocycles. The van der Waals surface area contributed by atoms with Crippen LogP contribution < -0.4 is 10.1 Å². The zero-order chi connectivity index (χ0) is 16.9. The molecule has 0 unspecified atom stereocenters. The molecule has 0 aliphatic heterocycles. The van der Waals surface area contributed by atoms with Crippen molar-refractivity contribution in [3.05, 3.63) is 78.0 Å². The van der Waals surface area contributed by atoms with Crippen molar-refractivity contribution in [2.45, 2.75) is 0 Å². The smallest absolute Gasteiger partial charge is 0.256 e. The van der Waals surface area contributed by atoms with Gasteiger partial charge in [0.15, 0.2) is 0 Å². The van der Waals surface area contributed by atoms with Gasteiger partial charge in [-0.05, 0) is 36.4 Å². The largest absolute Gasteiger partial charge is 0.487 e. The molecule has 0 spiro atoms. The van der Waals surface area contributed by atoms with Crippen molar-refractivity contribution in [2.24, 2.45) is 0 Å². The van der Waals surface area contributed by atoms with Crippen LogP contribution >= 0.6 is 11.6 Å². The topological polar surface area (TPSA) is 51.2 Å². The molecular weight excluding hydrogens is 324 g/mol. The summed E-state index contributed by atoms with van der Waals surface area (Å²) < 4.78 is 5.56. The molecule has 0 saturated carbocycles. The number of carbonyl (C=O) groups excluding carboxylic acids is 1. The summed E-state index contributed by atoms with van der Waals surface area (Å²) in [5, 5.41) is 4.13. The second kappa shape index (κ2) is 7.15. The van der Waals surface area contributed by atoms with E-state index in [2.05, 4.69) is 16.9 Å². The maximum absolute atomic E-state index is 12.7. The van der Waals surface area contributed by atoms with Crippen LogP contribution in [0.25, 0.3) is 10.9 Å². The molecule has 4 nitrogen and oxygen atoms in total. The van der Waals surface area contributed by atoms with Crippen LogP contribution in [0.4, 0.5) is 5.69 Å². The monoisotopic (exact) mass is 338 g/mol. The summed E-state index contributed by atoms with van der Waals surface area (Å²) >= 11 is 6.05. The number of hydrogen-bond acceptors (Lipinski definition) is 3. The summed E-state index contributed by atoms with van der Waals surface area (Å²) in [6.07, 6.45) is 3.25. The maximum Gasteiger partial charge on any atom is 0.256 e. The Morgan fingerprint density at radius 2 is 2.08 bits per heavy atom. The first-order chi connectivity index (χ1) is 11.7. The SMILES string of the molecule is C=CCOc1ccccc1NC(=O)c1ccnc2ccc(Cl)cc12. The molecule has 0 aliphatic carbocycles. The van der Waals surface area contributed by atoms with Gasteiger partial charge in [-0.15, -0.1) is 0 Å². The lowest BCUT2D eigenvalue weighted by Crippen LogP contribution is -2.13. The Morgan fingerprint density at radius 3 is 2.92 bits per heavy atom. The highest BCUT2D eigenvalue weighted by molar-refractivity contribution is 6.31. The van der Waals surface area contributed by atoms with E-state index in [1.807, 2.05) is 12.1 Å². The standard InChI is InChI=1S/C19H15ClN2O2/c1-2-11-24-18-6-4-3-5-17(18)22-19(23)14-9-10-21-16-8-7-13(20)12-15(14)16/h2-10,12H,1,11H2,(H,22,23). The summed E-state index contributed by atoms with van der Waals surface area (Å²) in [7, 11) is 0. The molecule has 1 N–H and O–H groups in total. The number of hydrogen-bond donors (Lipinski definition) is 1. The van der Waals surface area contributed by atoms with Gasteiger partial charge in [0.05, 0.1) is 16.8 Å². The lowest BCUT2D eigenvalue weighted by molar-refractivity contribution is 0.102. The number of benzene rings is 2. The second-order valence-corrected chi connectivity index (χ2v) is 5.51. The molecule has 0 bridgehead atoms. The van der Waals surface area contributed by atoms with Crippen molar-refractivity contribution >= 4 is 34.1 Å². The Morgan fingerprint density at radius 1 is 1.25 bits per heavy atom. The number of halogens is 1. The number of rotatable bonds is 5. The van der Waals surface area contributed by atoms with E-state index in [0.29, 0.717) is 39.5 Å². The van der Waals surface area contributed by atoms with E-state index in [0.717, 1.165) is 0 Å². The van der Waals surface area contributed by atoms with Crippen LogP contribution in [-0.2, 0) is 0 Å². The number of nitrogens with zero attached hydrogens (tertiary/aromatic N) is 1. The molecule has 0 atom stereocenters. The number of para-hydroxylation sites is 2. The third kappa shape index (κ3) is 3.39. The minimum absolute atomic E-state index is 0.251. The first-order valence-corrected chi connectivity index (χ1v) is 7.75. The summed E-state index contributed by atoms with van der Waals surface area (Å²) in [4.78, 5) is 17.0. The number of amides is 1. The molecule has 5 heteroatoms. The summed E-state index contributed by atoms with van der Waals surface area (Å²) in [5.74, 6) is 0.335. The number of anilines is 1. The van der Waals surface area contributed by atoms with E-state index in [1.165, 1.54) is 0 Å². The second-order valence-electron chi connectivity index (χ2n) is 5.07. The zero-order valence-corrected chi connectivity index (χ0v) is 13.6. The zero-order valence-electron chi connectivity index (χ0n) is 12.8. The van der Waals surface area contributed by atoms with Crippen LogP contribution in [0.15, 0.2) is 67.4 Å². The van der Waals surface area contributed by atoms with E-state index in [1.54, 1.807) is 48.7 Å². The molecule has 0 fully saturated rings. The molecular formula is C19H15ClN2O2. The van der Waals surface area contributed by atoms with Crippen molar-refractivity contribution in [3.63, 3.8) is 0 Å². The first kappa shape index (κ1) is 16.0.